The molecule has 1 N–H and O–H groups in total. The highest BCUT2D eigenvalue weighted by molar-refractivity contribution is 5.57. The second-order valence-corrected chi connectivity index (χ2v) is 6.69. The number of benzene rings is 3. The molecule has 0 radical (unpaired) electrons. The summed E-state index contributed by atoms with van der Waals surface area (Å²) in [4.78, 5) is 0. The maximum atomic E-state index is 5.64. The van der Waals surface area contributed by atoms with Gasteiger partial charge in [0.15, 0.2) is 5.76 Å². The number of aromatic nitrogens is 1. The Bertz CT molecular complexity index is 976. The van der Waals surface area contributed by atoms with Gasteiger partial charge in [-0.1, -0.05) is 95.6 Å². The SMILES string of the molecule is Cc1ccc(C(NCc2ccccc2)c2cc(-c3ccccc3)on2)cc1. The molecule has 0 saturated heterocycles. The molecule has 4 aromatic rings. The van der Waals surface area contributed by atoms with Crippen molar-refractivity contribution >= 4 is 0 Å². The minimum atomic E-state index is -0.0352. The fourth-order valence-electron chi connectivity index (χ4n) is 3.13. The summed E-state index contributed by atoms with van der Waals surface area (Å²) in [6.45, 7) is 2.85. The third kappa shape index (κ3) is 4.15. The maximum absolute atomic E-state index is 5.64. The molecule has 4 rings (SSSR count). The zero-order valence-electron chi connectivity index (χ0n) is 15.3. The highest BCUT2D eigenvalue weighted by Crippen LogP contribution is 2.27. The number of hydrogen-bond donors (Lipinski definition) is 1. The van der Waals surface area contributed by atoms with E-state index in [4.69, 9.17) is 4.52 Å². The van der Waals surface area contributed by atoms with E-state index in [9.17, 15) is 0 Å². The summed E-state index contributed by atoms with van der Waals surface area (Å²) < 4.78 is 5.64. The van der Waals surface area contributed by atoms with E-state index >= 15 is 0 Å². The Kier molecular flexibility index (Phi) is 5.13. The standard InChI is InChI=1S/C24H22N2O/c1-18-12-14-21(15-13-18)24(25-17-19-8-4-2-5-9-19)22-16-23(27-26-22)20-10-6-3-7-11-20/h2-16,24-25H,17H2,1H3. The normalized spacial score (nSPS) is 12.0. The Morgan fingerprint density at radius 1 is 0.852 bits per heavy atom. The average molecular weight is 354 g/mol. The van der Waals surface area contributed by atoms with Crippen LogP contribution >= 0.6 is 0 Å². The zero-order valence-corrected chi connectivity index (χ0v) is 15.3. The number of rotatable bonds is 6. The van der Waals surface area contributed by atoms with E-state index in [0.29, 0.717) is 0 Å². The van der Waals surface area contributed by atoms with Crippen molar-refractivity contribution in [1.29, 1.82) is 0 Å². The topological polar surface area (TPSA) is 38.1 Å². The number of nitrogens with one attached hydrogen (secondary N) is 1. The molecule has 134 valence electrons. The van der Waals surface area contributed by atoms with Gasteiger partial charge in [0, 0.05) is 18.2 Å². The highest BCUT2D eigenvalue weighted by atomic mass is 16.5. The molecule has 0 aliphatic heterocycles. The van der Waals surface area contributed by atoms with Gasteiger partial charge in [0.25, 0.3) is 0 Å². The van der Waals surface area contributed by atoms with Crippen molar-refractivity contribution in [2.75, 3.05) is 0 Å². The fraction of sp³-hybridized carbons (Fsp3) is 0.125. The lowest BCUT2D eigenvalue weighted by Gasteiger charge is -2.17. The summed E-state index contributed by atoms with van der Waals surface area (Å²) in [6.07, 6.45) is 0. The molecule has 0 amide bonds. The van der Waals surface area contributed by atoms with Gasteiger partial charge < -0.3 is 9.84 Å². The van der Waals surface area contributed by atoms with Gasteiger partial charge in [0.2, 0.25) is 0 Å². The van der Waals surface area contributed by atoms with Crippen LogP contribution in [0.5, 0.6) is 0 Å². The van der Waals surface area contributed by atoms with Crippen molar-refractivity contribution in [1.82, 2.24) is 10.5 Å². The lowest BCUT2D eigenvalue weighted by molar-refractivity contribution is 0.413. The van der Waals surface area contributed by atoms with Crippen LogP contribution in [0.1, 0.15) is 28.4 Å². The van der Waals surface area contributed by atoms with Crippen molar-refractivity contribution in [3.8, 4) is 11.3 Å². The maximum Gasteiger partial charge on any atom is 0.167 e. The zero-order chi connectivity index (χ0) is 18.5. The van der Waals surface area contributed by atoms with Crippen molar-refractivity contribution in [2.24, 2.45) is 0 Å². The van der Waals surface area contributed by atoms with Crippen molar-refractivity contribution in [3.63, 3.8) is 0 Å². The predicted molar refractivity (Wildman–Crippen MR) is 108 cm³/mol. The summed E-state index contributed by atoms with van der Waals surface area (Å²) in [7, 11) is 0. The van der Waals surface area contributed by atoms with E-state index in [-0.39, 0.29) is 6.04 Å². The van der Waals surface area contributed by atoms with Gasteiger partial charge in [-0.25, -0.2) is 0 Å². The van der Waals surface area contributed by atoms with Crippen LogP contribution in [0.2, 0.25) is 0 Å². The Balaban J connectivity index is 1.63. The first-order chi connectivity index (χ1) is 13.3. The summed E-state index contributed by atoms with van der Waals surface area (Å²) >= 11 is 0. The Hall–Kier alpha value is -3.17. The molecule has 1 unspecified atom stereocenters. The third-order valence-electron chi connectivity index (χ3n) is 4.65. The largest absolute Gasteiger partial charge is 0.356 e. The molecule has 0 saturated carbocycles. The number of nitrogens with zero attached hydrogens (tertiary/aromatic N) is 1. The predicted octanol–water partition coefficient (Wildman–Crippen LogP) is 5.53. The molecular weight excluding hydrogens is 332 g/mol. The summed E-state index contributed by atoms with van der Waals surface area (Å²) in [6, 6.07) is 31.0. The summed E-state index contributed by atoms with van der Waals surface area (Å²) in [5, 5.41) is 8.00. The van der Waals surface area contributed by atoms with Gasteiger partial charge in [-0.05, 0) is 18.1 Å². The van der Waals surface area contributed by atoms with Crippen LogP contribution in [-0.4, -0.2) is 5.16 Å². The van der Waals surface area contributed by atoms with E-state index in [2.05, 4.69) is 65.9 Å². The number of hydrogen-bond acceptors (Lipinski definition) is 3. The monoisotopic (exact) mass is 354 g/mol. The van der Waals surface area contributed by atoms with E-state index in [1.807, 2.05) is 42.5 Å². The van der Waals surface area contributed by atoms with Gasteiger partial charge in [0.05, 0.1) is 6.04 Å². The van der Waals surface area contributed by atoms with Crippen LogP contribution in [-0.2, 0) is 6.54 Å². The Morgan fingerprint density at radius 3 is 2.22 bits per heavy atom. The molecule has 0 fully saturated rings. The lowest BCUT2D eigenvalue weighted by atomic mass is 10.0. The van der Waals surface area contributed by atoms with Gasteiger partial charge >= 0.3 is 0 Å². The van der Waals surface area contributed by atoms with E-state index in [1.54, 1.807) is 0 Å². The van der Waals surface area contributed by atoms with Gasteiger partial charge in [-0.15, -0.1) is 0 Å². The summed E-state index contributed by atoms with van der Waals surface area (Å²) in [5.41, 5.74) is 5.56. The molecule has 3 heteroatoms. The lowest BCUT2D eigenvalue weighted by Crippen LogP contribution is -2.22. The van der Waals surface area contributed by atoms with E-state index in [0.717, 1.165) is 23.6 Å². The van der Waals surface area contributed by atoms with Crippen LogP contribution in [0.3, 0.4) is 0 Å². The van der Waals surface area contributed by atoms with E-state index in [1.165, 1.54) is 16.7 Å². The first kappa shape index (κ1) is 17.3. The second-order valence-electron chi connectivity index (χ2n) is 6.69. The molecular formula is C24H22N2O. The molecule has 1 aromatic heterocycles. The molecule has 0 aliphatic rings. The fourth-order valence-corrected chi connectivity index (χ4v) is 3.13. The smallest absolute Gasteiger partial charge is 0.167 e. The first-order valence-electron chi connectivity index (χ1n) is 9.15. The van der Waals surface area contributed by atoms with Crippen LogP contribution in [0.15, 0.2) is 95.5 Å². The van der Waals surface area contributed by atoms with Crippen LogP contribution < -0.4 is 5.32 Å². The molecule has 0 bridgehead atoms. The minimum absolute atomic E-state index is 0.0352. The molecule has 3 aromatic carbocycles. The first-order valence-corrected chi connectivity index (χ1v) is 9.15. The molecule has 1 heterocycles. The van der Waals surface area contributed by atoms with Gasteiger partial charge in [0.1, 0.15) is 5.69 Å². The molecule has 0 aliphatic carbocycles. The van der Waals surface area contributed by atoms with Gasteiger partial charge in [-0.3, -0.25) is 0 Å². The highest BCUT2D eigenvalue weighted by Gasteiger charge is 2.19. The minimum Gasteiger partial charge on any atom is -0.356 e. The van der Waals surface area contributed by atoms with E-state index < -0.39 is 0 Å². The van der Waals surface area contributed by atoms with Crippen molar-refractivity contribution in [2.45, 2.75) is 19.5 Å². The van der Waals surface area contributed by atoms with Crippen LogP contribution in [0, 0.1) is 6.92 Å². The Labute approximate surface area is 159 Å². The molecule has 3 nitrogen and oxygen atoms in total. The second kappa shape index (κ2) is 8.02. The molecule has 0 spiro atoms. The molecule has 27 heavy (non-hydrogen) atoms. The van der Waals surface area contributed by atoms with Crippen molar-refractivity contribution in [3.05, 3.63) is 113 Å². The summed E-state index contributed by atoms with van der Waals surface area (Å²) in [5.74, 6) is 0.782. The average Bonchev–Trinajstić information content (AvgIpc) is 3.21. The third-order valence-corrected chi connectivity index (χ3v) is 4.65. The van der Waals surface area contributed by atoms with Gasteiger partial charge in [-0.2, -0.15) is 0 Å². The van der Waals surface area contributed by atoms with Crippen LogP contribution in [0.25, 0.3) is 11.3 Å². The number of aryl methyl sites for hydroxylation is 1. The molecule has 1 atom stereocenters. The quantitative estimate of drug-likeness (QED) is 0.495. The Morgan fingerprint density at radius 2 is 1.52 bits per heavy atom. The van der Waals surface area contributed by atoms with Crippen LogP contribution in [0.4, 0.5) is 0 Å². The van der Waals surface area contributed by atoms with Crippen molar-refractivity contribution < 1.29 is 4.52 Å².